The standard InChI is InChI=1S/C8H14O2.C6H6/c1-4-5-8(9)10-6-7(2)3;1-2-4-6-5-3-1/h4-5,7H,6H2,1-3H3;1-6H. The number of ether oxygens (including phenoxy) is 1. The Labute approximate surface area is 97.9 Å². The number of hydrogen-bond acceptors (Lipinski definition) is 2. The first-order valence-electron chi connectivity index (χ1n) is 5.46. The van der Waals surface area contributed by atoms with E-state index >= 15 is 0 Å². The smallest absolute Gasteiger partial charge is 0.330 e. The van der Waals surface area contributed by atoms with Crippen LogP contribution in [0.15, 0.2) is 48.6 Å². The third kappa shape index (κ3) is 10.5. The summed E-state index contributed by atoms with van der Waals surface area (Å²) in [7, 11) is 0. The summed E-state index contributed by atoms with van der Waals surface area (Å²) in [6, 6.07) is 12.0. The van der Waals surface area contributed by atoms with Crippen LogP contribution < -0.4 is 0 Å². The van der Waals surface area contributed by atoms with Gasteiger partial charge in [-0.3, -0.25) is 0 Å². The van der Waals surface area contributed by atoms with E-state index in [9.17, 15) is 4.79 Å². The van der Waals surface area contributed by atoms with Crippen molar-refractivity contribution in [3.8, 4) is 0 Å². The number of benzene rings is 1. The zero-order chi connectivity index (χ0) is 12.2. The highest BCUT2D eigenvalue weighted by Gasteiger charge is 1.97. The molecule has 1 aromatic rings. The fourth-order valence-corrected chi connectivity index (χ4v) is 0.818. The third-order valence-corrected chi connectivity index (χ3v) is 1.53. The summed E-state index contributed by atoms with van der Waals surface area (Å²) in [6.07, 6.45) is 3.09. The lowest BCUT2D eigenvalue weighted by Crippen LogP contribution is -2.06. The maximum Gasteiger partial charge on any atom is 0.330 e. The van der Waals surface area contributed by atoms with E-state index < -0.39 is 0 Å². The number of carbonyl (C=O) groups is 1. The van der Waals surface area contributed by atoms with E-state index in [1.165, 1.54) is 6.08 Å². The molecule has 16 heavy (non-hydrogen) atoms. The van der Waals surface area contributed by atoms with E-state index in [1.54, 1.807) is 13.0 Å². The predicted octanol–water partition coefficient (Wildman–Crippen LogP) is 3.45. The molecule has 0 saturated heterocycles. The van der Waals surface area contributed by atoms with Crippen molar-refractivity contribution >= 4 is 5.97 Å². The number of allylic oxidation sites excluding steroid dienone is 1. The van der Waals surface area contributed by atoms with Crippen molar-refractivity contribution in [2.75, 3.05) is 6.61 Å². The molecule has 0 unspecified atom stereocenters. The van der Waals surface area contributed by atoms with Crippen LogP contribution in [0, 0.1) is 5.92 Å². The summed E-state index contributed by atoms with van der Waals surface area (Å²) >= 11 is 0. The molecule has 0 aliphatic heterocycles. The minimum atomic E-state index is -0.254. The Kier molecular flexibility index (Phi) is 8.99. The van der Waals surface area contributed by atoms with Gasteiger partial charge in [0, 0.05) is 6.08 Å². The highest BCUT2D eigenvalue weighted by Crippen LogP contribution is 1.92. The summed E-state index contributed by atoms with van der Waals surface area (Å²) in [5.41, 5.74) is 0. The molecule has 0 saturated carbocycles. The minimum absolute atomic E-state index is 0.254. The molecule has 0 N–H and O–H groups in total. The van der Waals surface area contributed by atoms with Gasteiger partial charge in [-0.1, -0.05) is 56.3 Å². The predicted molar refractivity (Wildman–Crippen MR) is 67.1 cm³/mol. The van der Waals surface area contributed by atoms with Gasteiger partial charge in [-0.2, -0.15) is 0 Å². The molecule has 0 fully saturated rings. The summed E-state index contributed by atoms with van der Waals surface area (Å²) in [5.74, 6) is 0.158. The second-order valence-electron chi connectivity index (χ2n) is 3.68. The SMILES string of the molecule is CC=CC(=O)OCC(C)C.c1ccccc1. The average molecular weight is 220 g/mol. The summed E-state index contributed by atoms with van der Waals surface area (Å²) in [4.78, 5) is 10.6. The minimum Gasteiger partial charge on any atom is -0.462 e. The van der Waals surface area contributed by atoms with Crippen LogP contribution in [-0.2, 0) is 9.53 Å². The van der Waals surface area contributed by atoms with Gasteiger partial charge in [-0.15, -0.1) is 0 Å². The topological polar surface area (TPSA) is 26.3 Å². The zero-order valence-electron chi connectivity index (χ0n) is 10.2. The van der Waals surface area contributed by atoms with Crippen molar-refractivity contribution in [3.63, 3.8) is 0 Å². The molecule has 0 aliphatic rings. The lowest BCUT2D eigenvalue weighted by Gasteiger charge is -2.03. The van der Waals surface area contributed by atoms with E-state index in [-0.39, 0.29) is 5.97 Å². The highest BCUT2D eigenvalue weighted by molar-refractivity contribution is 5.81. The van der Waals surface area contributed by atoms with Crippen molar-refractivity contribution in [1.82, 2.24) is 0 Å². The monoisotopic (exact) mass is 220 g/mol. The zero-order valence-corrected chi connectivity index (χ0v) is 10.2. The maximum absolute atomic E-state index is 10.6. The van der Waals surface area contributed by atoms with Gasteiger partial charge < -0.3 is 4.74 Å². The first-order chi connectivity index (χ1) is 7.66. The molecule has 0 aliphatic carbocycles. The van der Waals surface area contributed by atoms with Crippen LogP contribution in [0.3, 0.4) is 0 Å². The average Bonchev–Trinajstić information content (AvgIpc) is 2.30. The van der Waals surface area contributed by atoms with Crippen molar-refractivity contribution in [2.24, 2.45) is 5.92 Å². The Morgan fingerprint density at radius 2 is 1.56 bits per heavy atom. The third-order valence-electron chi connectivity index (χ3n) is 1.53. The molecular weight excluding hydrogens is 200 g/mol. The summed E-state index contributed by atoms with van der Waals surface area (Å²) in [6.45, 7) is 6.30. The fourth-order valence-electron chi connectivity index (χ4n) is 0.818. The molecule has 0 atom stereocenters. The quantitative estimate of drug-likeness (QED) is 0.576. The van der Waals surface area contributed by atoms with Gasteiger partial charge >= 0.3 is 5.97 Å². The first-order valence-corrected chi connectivity index (χ1v) is 5.46. The van der Waals surface area contributed by atoms with Gasteiger partial charge in [-0.25, -0.2) is 4.79 Å². The maximum atomic E-state index is 10.6. The largest absolute Gasteiger partial charge is 0.462 e. The first kappa shape index (κ1) is 14.4. The second kappa shape index (κ2) is 9.97. The lowest BCUT2D eigenvalue weighted by atomic mass is 10.2. The Morgan fingerprint density at radius 1 is 1.12 bits per heavy atom. The molecule has 0 aromatic heterocycles. The van der Waals surface area contributed by atoms with Crippen LogP contribution in [0.1, 0.15) is 20.8 Å². The van der Waals surface area contributed by atoms with E-state index in [0.717, 1.165) is 0 Å². The molecule has 1 aromatic carbocycles. The molecule has 0 heterocycles. The Balaban J connectivity index is 0.000000315. The van der Waals surface area contributed by atoms with Crippen LogP contribution in [0.2, 0.25) is 0 Å². The van der Waals surface area contributed by atoms with Gasteiger partial charge in [-0.05, 0) is 12.8 Å². The van der Waals surface area contributed by atoms with Gasteiger partial charge in [0.25, 0.3) is 0 Å². The van der Waals surface area contributed by atoms with E-state index in [1.807, 2.05) is 50.2 Å². The normalized spacial score (nSPS) is 9.75. The number of hydrogen-bond donors (Lipinski definition) is 0. The molecule has 2 nitrogen and oxygen atoms in total. The number of rotatable bonds is 3. The molecule has 2 heteroatoms. The van der Waals surface area contributed by atoms with Crippen LogP contribution >= 0.6 is 0 Å². The van der Waals surface area contributed by atoms with Gasteiger partial charge in [0.2, 0.25) is 0 Å². The van der Waals surface area contributed by atoms with E-state index in [0.29, 0.717) is 12.5 Å². The highest BCUT2D eigenvalue weighted by atomic mass is 16.5. The van der Waals surface area contributed by atoms with Crippen LogP contribution in [0.4, 0.5) is 0 Å². The Morgan fingerprint density at radius 3 is 1.88 bits per heavy atom. The molecule has 0 radical (unpaired) electrons. The fraction of sp³-hybridized carbons (Fsp3) is 0.357. The summed E-state index contributed by atoms with van der Waals surface area (Å²) in [5, 5.41) is 0. The Bertz CT molecular complexity index is 262. The van der Waals surface area contributed by atoms with Crippen molar-refractivity contribution in [2.45, 2.75) is 20.8 Å². The van der Waals surface area contributed by atoms with Gasteiger partial charge in [0.1, 0.15) is 0 Å². The molecule has 1 rings (SSSR count). The molecule has 0 bridgehead atoms. The van der Waals surface area contributed by atoms with Crippen molar-refractivity contribution in [1.29, 1.82) is 0 Å². The van der Waals surface area contributed by atoms with Crippen LogP contribution in [-0.4, -0.2) is 12.6 Å². The van der Waals surface area contributed by atoms with E-state index in [2.05, 4.69) is 0 Å². The number of carbonyl (C=O) groups excluding carboxylic acids is 1. The van der Waals surface area contributed by atoms with Gasteiger partial charge in [0.15, 0.2) is 0 Å². The van der Waals surface area contributed by atoms with Crippen molar-refractivity contribution < 1.29 is 9.53 Å². The molecular formula is C14H20O2. The molecule has 0 spiro atoms. The number of esters is 1. The van der Waals surface area contributed by atoms with Gasteiger partial charge in [0.05, 0.1) is 6.61 Å². The molecule has 0 amide bonds. The lowest BCUT2D eigenvalue weighted by molar-refractivity contribution is -0.138. The molecule has 88 valence electrons. The Hall–Kier alpha value is -1.57. The van der Waals surface area contributed by atoms with E-state index in [4.69, 9.17) is 4.74 Å². The second-order valence-corrected chi connectivity index (χ2v) is 3.68. The van der Waals surface area contributed by atoms with Crippen molar-refractivity contribution in [3.05, 3.63) is 48.6 Å². The van der Waals surface area contributed by atoms with Crippen LogP contribution in [0.5, 0.6) is 0 Å². The summed E-state index contributed by atoms with van der Waals surface area (Å²) < 4.78 is 4.82. The van der Waals surface area contributed by atoms with Crippen LogP contribution in [0.25, 0.3) is 0 Å².